The molecule has 1 aliphatic heterocycles. The van der Waals surface area contributed by atoms with Gasteiger partial charge in [-0.15, -0.1) is 0 Å². The summed E-state index contributed by atoms with van der Waals surface area (Å²) >= 11 is 0. The maximum atomic E-state index is 14.1. The van der Waals surface area contributed by atoms with E-state index in [1.165, 1.54) is 12.1 Å². The number of halogens is 1. The van der Waals surface area contributed by atoms with Gasteiger partial charge in [0.2, 0.25) is 5.89 Å². The molecule has 1 amide bonds. The fraction of sp³-hybridized carbons (Fsp3) is 0.200. The van der Waals surface area contributed by atoms with Gasteiger partial charge in [0, 0.05) is 30.4 Å². The van der Waals surface area contributed by atoms with E-state index in [1.807, 2.05) is 4.90 Å². The monoisotopic (exact) mass is 460 g/mol. The van der Waals surface area contributed by atoms with Crippen LogP contribution in [0.3, 0.4) is 0 Å². The van der Waals surface area contributed by atoms with Crippen molar-refractivity contribution >= 4 is 34.1 Å². The Kier molecular flexibility index (Phi) is 5.67. The lowest BCUT2D eigenvalue weighted by atomic mass is 10.1. The highest BCUT2D eigenvalue weighted by molar-refractivity contribution is 6.05. The zero-order chi connectivity index (χ0) is 23.7. The SMILES string of the molecule is O=C(Nc1ccc2oc(-c3ccccc3F)nc2c1)c1ccc(N2CCCCC2)c([N+](=O)[O-])c1. The fourth-order valence-electron chi connectivity index (χ4n) is 4.17. The van der Waals surface area contributed by atoms with Gasteiger partial charge in [-0.1, -0.05) is 12.1 Å². The lowest BCUT2D eigenvalue weighted by Crippen LogP contribution is -2.30. The minimum absolute atomic E-state index is 0.0870. The van der Waals surface area contributed by atoms with Gasteiger partial charge in [-0.3, -0.25) is 14.9 Å². The van der Waals surface area contributed by atoms with E-state index >= 15 is 0 Å². The van der Waals surface area contributed by atoms with Gasteiger partial charge >= 0.3 is 0 Å². The zero-order valence-electron chi connectivity index (χ0n) is 18.2. The number of nitrogens with one attached hydrogen (secondary N) is 1. The van der Waals surface area contributed by atoms with Gasteiger partial charge in [0.05, 0.1) is 10.5 Å². The third-order valence-electron chi connectivity index (χ3n) is 5.88. The van der Waals surface area contributed by atoms with Crippen LogP contribution in [0.4, 0.5) is 21.5 Å². The van der Waals surface area contributed by atoms with Gasteiger partial charge in [-0.2, -0.15) is 0 Å². The molecule has 5 rings (SSSR count). The molecule has 0 aliphatic carbocycles. The number of aromatic nitrogens is 1. The predicted octanol–water partition coefficient (Wildman–Crippen LogP) is 5.78. The predicted molar refractivity (Wildman–Crippen MR) is 127 cm³/mol. The number of nitrogens with zero attached hydrogens (tertiary/aromatic N) is 3. The summed E-state index contributed by atoms with van der Waals surface area (Å²) in [7, 11) is 0. The van der Waals surface area contributed by atoms with E-state index in [0.717, 1.165) is 32.4 Å². The molecule has 4 aromatic rings. The molecule has 0 bridgehead atoms. The Morgan fingerprint density at radius 2 is 1.85 bits per heavy atom. The zero-order valence-corrected chi connectivity index (χ0v) is 18.2. The number of piperidine rings is 1. The van der Waals surface area contributed by atoms with Crippen molar-refractivity contribution in [3.63, 3.8) is 0 Å². The van der Waals surface area contributed by atoms with Gasteiger partial charge in [0.25, 0.3) is 11.6 Å². The first-order valence-corrected chi connectivity index (χ1v) is 11.0. The first-order chi connectivity index (χ1) is 16.5. The molecule has 0 atom stereocenters. The Balaban J connectivity index is 1.39. The minimum atomic E-state index is -0.481. The van der Waals surface area contributed by atoms with Crippen LogP contribution in [-0.4, -0.2) is 28.9 Å². The van der Waals surface area contributed by atoms with Crippen LogP contribution in [0.1, 0.15) is 29.6 Å². The molecule has 1 N–H and O–H groups in total. The Morgan fingerprint density at radius 1 is 1.06 bits per heavy atom. The number of hydrogen-bond acceptors (Lipinski definition) is 6. The summed E-state index contributed by atoms with van der Waals surface area (Å²) in [6, 6.07) is 15.6. The summed E-state index contributed by atoms with van der Waals surface area (Å²) in [5.41, 5.74) is 2.20. The third-order valence-corrected chi connectivity index (χ3v) is 5.88. The van der Waals surface area contributed by atoms with Crippen molar-refractivity contribution in [2.24, 2.45) is 0 Å². The first-order valence-electron chi connectivity index (χ1n) is 11.0. The molecule has 0 unspecified atom stereocenters. The smallest absolute Gasteiger partial charge is 0.293 e. The van der Waals surface area contributed by atoms with Crippen molar-refractivity contribution in [2.45, 2.75) is 19.3 Å². The number of anilines is 2. The van der Waals surface area contributed by atoms with E-state index in [0.29, 0.717) is 22.5 Å². The molecule has 9 heteroatoms. The molecule has 1 aromatic heterocycles. The third kappa shape index (κ3) is 4.19. The molecule has 0 saturated carbocycles. The average molecular weight is 460 g/mol. The number of rotatable bonds is 5. The Hall–Kier alpha value is -4.27. The number of carbonyl (C=O) groups is 1. The van der Waals surface area contributed by atoms with Gasteiger partial charge in [-0.25, -0.2) is 9.37 Å². The van der Waals surface area contributed by atoms with E-state index in [2.05, 4.69) is 10.3 Å². The van der Waals surface area contributed by atoms with Crippen LogP contribution < -0.4 is 10.2 Å². The Morgan fingerprint density at radius 3 is 2.62 bits per heavy atom. The summed E-state index contributed by atoms with van der Waals surface area (Å²) in [6.07, 6.45) is 3.09. The molecule has 1 fully saturated rings. The Labute approximate surface area is 194 Å². The van der Waals surface area contributed by atoms with Crippen molar-refractivity contribution in [3.8, 4) is 11.5 Å². The molecule has 1 aliphatic rings. The van der Waals surface area contributed by atoms with E-state index in [-0.39, 0.29) is 22.7 Å². The van der Waals surface area contributed by atoms with Crippen molar-refractivity contribution in [1.82, 2.24) is 4.98 Å². The summed E-state index contributed by atoms with van der Waals surface area (Å²) in [5.74, 6) is -0.789. The van der Waals surface area contributed by atoms with Crippen LogP contribution >= 0.6 is 0 Å². The quantitative estimate of drug-likeness (QED) is 0.299. The number of amides is 1. The number of oxazole rings is 1. The van der Waals surface area contributed by atoms with Crippen LogP contribution in [-0.2, 0) is 0 Å². The van der Waals surface area contributed by atoms with Crippen LogP contribution in [0.5, 0.6) is 0 Å². The van der Waals surface area contributed by atoms with Crippen LogP contribution in [0.25, 0.3) is 22.6 Å². The molecule has 3 aromatic carbocycles. The van der Waals surface area contributed by atoms with Crippen molar-refractivity contribution in [3.05, 3.63) is 82.2 Å². The number of fused-ring (bicyclic) bond motifs is 1. The minimum Gasteiger partial charge on any atom is -0.436 e. The van der Waals surface area contributed by atoms with Crippen LogP contribution in [0, 0.1) is 15.9 Å². The lowest BCUT2D eigenvalue weighted by molar-refractivity contribution is -0.384. The molecule has 172 valence electrons. The highest BCUT2D eigenvalue weighted by Gasteiger charge is 2.23. The normalized spacial score (nSPS) is 13.7. The second-order valence-corrected chi connectivity index (χ2v) is 8.14. The number of nitro groups is 1. The maximum Gasteiger partial charge on any atom is 0.293 e. The van der Waals surface area contributed by atoms with Crippen molar-refractivity contribution < 1.29 is 18.5 Å². The number of nitro benzene ring substituents is 1. The highest BCUT2D eigenvalue weighted by Crippen LogP contribution is 2.32. The highest BCUT2D eigenvalue weighted by atomic mass is 19.1. The van der Waals surface area contributed by atoms with E-state index < -0.39 is 16.6 Å². The van der Waals surface area contributed by atoms with Gasteiger partial charge < -0.3 is 14.6 Å². The summed E-state index contributed by atoms with van der Waals surface area (Å²) in [4.78, 5) is 30.4. The van der Waals surface area contributed by atoms with E-state index in [4.69, 9.17) is 4.42 Å². The van der Waals surface area contributed by atoms with Crippen molar-refractivity contribution in [1.29, 1.82) is 0 Å². The summed E-state index contributed by atoms with van der Waals surface area (Å²) in [6.45, 7) is 1.53. The second kappa shape index (κ2) is 8.93. The van der Waals surface area contributed by atoms with Crippen molar-refractivity contribution in [2.75, 3.05) is 23.3 Å². The summed E-state index contributed by atoms with van der Waals surface area (Å²) in [5, 5.41) is 14.4. The first kappa shape index (κ1) is 21.6. The van der Waals surface area contributed by atoms with E-state index in [9.17, 15) is 19.3 Å². The standard InChI is InChI=1S/C25H21FN4O4/c26-19-7-3-2-6-18(19)25-28-20-15-17(9-11-23(20)34-25)27-24(31)16-8-10-21(22(14-16)30(32)33)29-12-4-1-5-13-29/h2-3,6-11,14-15H,1,4-5,12-13H2,(H,27,31). The topological polar surface area (TPSA) is 102 Å². The fourth-order valence-corrected chi connectivity index (χ4v) is 4.17. The molecule has 2 heterocycles. The molecule has 34 heavy (non-hydrogen) atoms. The molecule has 8 nitrogen and oxygen atoms in total. The van der Waals surface area contributed by atoms with Gasteiger partial charge in [-0.05, 0) is 61.7 Å². The largest absolute Gasteiger partial charge is 0.436 e. The molecule has 0 spiro atoms. The van der Waals surface area contributed by atoms with Gasteiger partial charge in [0.1, 0.15) is 17.0 Å². The van der Waals surface area contributed by atoms with Crippen LogP contribution in [0.15, 0.2) is 65.1 Å². The number of benzene rings is 3. The molecule has 1 saturated heterocycles. The Bertz CT molecular complexity index is 1390. The second-order valence-electron chi connectivity index (χ2n) is 8.14. The number of carbonyl (C=O) groups excluding carboxylic acids is 1. The molecular formula is C25H21FN4O4. The van der Waals surface area contributed by atoms with Gasteiger partial charge in [0.15, 0.2) is 5.58 Å². The lowest BCUT2D eigenvalue weighted by Gasteiger charge is -2.28. The summed E-state index contributed by atoms with van der Waals surface area (Å²) < 4.78 is 19.7. The maximum absolute atomic E-state index is 14.1. The average Bonchev–Trinajstić information content (AvgIpc) is 3.27. The number of hydrogen-bond donors (Lipinski definition) is 1. The molecule has 0 radical (unpaired) electrons. The van der Waals surface area contributed by atoms with E-state index in [1.54, 1.807) is 48.5 Å². The van der Waals surface area contributed by atoms with Crippen LogP contribution in [0.2, 0.25) is 0 Å². The molecular weight excluding hydrogens is 439 g/mol.